The van der Waals surface area contributed by atoms with E-state index in [1.165, 1.54) is 17.7 Å². The smallest absolute Gasteiger partial charge is 0.0649 e. The van der Waals surface area contributed by atoms with Gasteiger partial charge in [-0.1, -0.05) is 24.6 Å². The molecule has 1 N–H and O–H groups in total. The molecule has 3 heteroatoms. The topological polar surface area (TPSA) is 29.9 Å². The van der Waals surface area contributed by atoms with Gasteiger partial charge in [-0.05, 0) is 50.6 Å². The fourth-order valence-corrected chi connectivity index (χ4v) is 2.95. The largest absolute Gasteiger partial charge is 0.316 e. The number of hydrogen-bond acceptors (Lipinski definition) is 2. The second kappa shape index (κ2) is 5.17. The number of aryl methyl sites for hydroxylation is 1. The van der Waals surface area contributed by atoms with Crippen molar-refractivity contribution >= 4 is 0 Å². The highest BCUT2D eigenvalue weighted by atomic mass is 15.3. The summed E-state index contributed by atoms with van der Waals surface area (Å²) in [5.41, 5.74) is 3.79. The molecule has 2 heterocycles. The molecule has 1 aromatic carbocycles. The van der Waals surface area contributed by atoms with E-state index in [9.17, 15) is 0 Å². The molecule has 0 spiro atoms. The van der Waals surface area contributed by atoms with Crippen LogP contribution >= 0.6 is 0 Å². The summed E-state index contributed by atoms with van der Waals surface area (Å²) in [6, 6.07) is 10.8. The molecular weight excluding hydrogens is 234 g/mol. The molecule has 19 heavy (non-hydrogen) atoms. The molecule has 1 saturated heterocycles. The maximum atomic E-state index is 4.52. The van der Waals surface area contributed by atoms with Gasteiger partial charge >= 0.3 is 0 Å². The minimum absolute atomic E-state index is 0.602. The Morgan fingerprint density at radius 2 is 2.00 bits per heavy atom. The number of nitrogens with one attached hydrogen (secondary N) is 1. The summed E-state index contributed by atoms with van der Waals surface area (Å²) in [6.45, 7) is 6.64. The van der Waals surface area contributed by atoms with Crippen LogP contribution in [0.3, 0.4) is 0 Å². The van der Waals surface area contributed by atoms with Gasteiger partial charge in [0.2, 0.25) is 0 Å². The van der Waals surface area contributed by atoms with Gasteiger partial charge in [0.1, 0.15) is 0 Å². The molecule has 1 aliphatic rings. The van der Waals surface area contributed by atoms with Crippen LogP contribution in [0.2, 0.25) is 0 Å². The first-order chi connectivity index (χ1) is 9.25. The predicted octanol–water partition coefficient (Wildman–Crippen LogP) is 2.89. The normalized spacial score (nSPS) is 23.5. The number of nitrogens with zero attached hydrogens (tertiary/aromatic N) is 2. The van der Waals surface area contributed by atoms with E-state index in [2.05, 4.69) is 59.3 Å². The summed E-state index contributed by atoms with van der Waals surface area (Å²) in [6.07, 6.45) is 3.11. The third kappa shape index (κ3) is 2.43. The van der Waals surface area contributed by atoms with E-state index < -0.39 is 0 Å². The fraction of sp³-hybridized carbons (Fsp3) is 0.438. The van der Waals surface area contributed by atoms with Crippen molar-refractivity contribution in [2.45, 2.75) is 26.2 Å². The van der Waals surface area contributed by atoms with Crippen molar-refractivity contribution in [3.05, 3.63) is 47.8 Å². The Balaban J connectivity index is 1.95. The van der Waals surface area contributed by atoms with Gasteiger partial charge in [0.25, 0.3) is 0 Å². The average molecular weight is 255 g/mol. The highest BCUT2D eigenvalue weighted by Crippen LogP contribution is 2.31. The van der Waals surface area contributed by atoms with E-state index in [-0.39, 0.29) is 0 Å². The van der Waals surface area contributed by atoms with Crippen LogP contribution in [-0.2, 0) is 0 Å². The lowest BCUT2D eigenvalue weighted by Crippen LogP contribution is -2.34. The molecule has 0 bridgehead atoms. The van der Waals surface area contributed by atoms with Crippen LogP contribution in [0.15, 0.2) is 36.5 Å². The van der Waals surface area contributed by atoms with Crippen LogP contribution in [-0.4, -0.2) is 22.9 Å². The molecule has 100 valence electrons. The summed E-state index contributed by atoms with van der Waals surface area (Å²) < 4.78 is 2.10. The average Bonchev–Trinajstić information content (AvgIpc) is 2.89. The zero-order chi connectivity index (χ0) is 13.2. The molecule has 0 saturated carbocycles. The molecule has 2 aromatic rings. The van der Waals surface area contributed by atoms with Crippen molar-refractivity contribution in [2.75, 3.05) is 13.1 Å². The van der Waals surface area contributed by atoms with Crippen LogP contribution in [0.1, 0.15) is 30.5 Å². The SMILES string of the molecule is Cc1ccc(-n2nccc2[C@@H]2CCNC[C@@H]2C)cc1. The summed E-state index contributed by atoms with van der Waals surface area (Å²) in [5, 5.41) is 7.99. The molecule has 0 amide bonds. The van der Waals surface area contributed by atoms with Gasteiger partial charge in [0, 0.05) is 17.8 Å². The Morgan fingerprint density at radius 1 is 1.21 bits per heavy atom. The molecule has 3 nitrogen and oxygen atoms in total. The van der Waals surface area contributed by atoms with Crippen LogP contribution < -0.4 is 5.32 Å². The van der Waals surface area contributed by atoms with Gasteiger partial charge in [-0.15, -0.1) is 0 Å². The number of benzene rings is 1. The van der Waals surface area contributed by atoms with E-state index in [1.54, 1.807) is 0 Å². The zero-order valence-corrected chi connectivity index (χ0v) is 11.6. The van der Waals surface area contributed by atoms with Gasteiger partial charge in [0.05, 0.1) is 5.69 Å². The van der Waals surface area contributed by atoms with E-state index in [0.29, 0.717) is 11.8 Å². The molecule has 0 unspecified atom stereocenters. The Bertz CT molecular complexity index is 541. The summed E-state index contributed by atoms with van der Waals surface area (Å²) in [4.78, 5) is 0. The van der Waals surface area contributed by atoms with E-state index in [0.717, 1.165) is 18.8 Å². The second-order valence-corrected chi connectivity index (χ2v) is 5.58. The van der Waals surface area contributed by atoms with E-state index in [4.69, 9.17) is 0 Å². The number of piperidine rings is 1. The Hall–Kier alpha value is -1.61. The number of hydrogen-bond donors (Lipinski definition) is 1. The lowest BCUT2D eigenvalue weighted by Gasteiger charge is -2.30. The molecule has 0 radical (unpaired) electrons. The van der Waals surface area contributed by atoms with Crippen molar-refractivity contribution < 1.29 is 0 Å². The van der Waals surface area contributed by atoms with Crippen molar-refractivity contribution in [3.63, 3.8) is 0 Å². The van der Waals surface area contributed by atoms with Gasteiger partial charge in [-0.3, -0.25) is 0 Å². The summed E-state index contributed by atoms with van der Waals surface area (Å²) in [7, 11) is 0. The lowest BCUT2D eigenvalue weighted by atomic mass is 9.85. The lowest BCUT2D eigenvalue weighted by molar-refractivity contribution is 0.339. The van der Waals surface area contributed by atoms with Crippen molar-refractivity contribution in [1.29, 1.82) is 0 Å². The quantitative estimate of drug-likeness (QED) is 0.894. The summed E-state index contributed by atoms with van der Waals surface area (Å²) in [5.74, 6) is 1.26. The number of aromatic nitrogens is 2. The van der Waals surface area contributed by atoms with Crippen molar-refractivity contribution in [1.82, 2.24) is 15.1 Å². The van der Waals surface area contributed by atoms with Gasteiger partial charge in [-0.25, -0.2) is 4.68 Å². The minimum Gasteiger partial charge on any atom is -0.316 e. The van der Waals surface area contributed by atoms with E-state index in [1.807, 2.05) is 6.20 Å². The highest BCUT2D eigenvalue weighted by molar-refractivity contribution is 5.36. The minimum atomic E-state index is 0.602. The van der Waals surface area contributed by atoms with Crippen molar-refractivity contribution in [2.24, 2.45) is 5.92 Å². The fourth-order valence-electron chi connectivity index (χ4n) is 2.95. The maximum absolute atomic E-state index is 4.52. The Labute approximate surface area is 114 Å². The first-order valence-corrected chi connectivity index (χ1v) is 7.07. The molecule has 0 aliphatic carbocycles. The van der Waals surface area contributed by atoms with Gasteiger partial charge < -0.3 is 5.32 Å². The second-order valence-electron chi connectivity index (χ2n) is 5.58. The zero-order valence-electron chi connectivity index (χ0n) is 11.6. The van der Waals surface area contributed by atoms with Crippen LogP contribution in [0.4, 0.5) is 0 Å². The monoisotopic (exact) mass is 255 g/mol. The van der Waals surface area contributed by atoms with Crippen LogP contribution in [0, 0.1) is 12.8 Å². The molecule has 1 aromatic heterocycles. The molecule has 2 atom stereocenters. The molecule has 1 aliphatic heterocycles. The van der Waals surface area contributed by atoms with Crippen LogP contribution in [0.25, 0.3) is 5.69 Å². The standard InChI is InChI=1S/C16H21N3/c1-12-3-5-14(6-4-12)19-16(8-10-18-19)15-7-9-17-11-13(15)2/h3-6,8,10,13,15,17H,7,9,11H2,1-2H3/t13-,15+/m0/s1. The third-order valence-electron chi connectivity index (χ3n) is 4.12. The van der Waals surface area contributed by atoms with Gasteiger partial charge in [-0.2, -0.15) is 5.10 Å². The summed E-state index contributed by atoms with van der Waals surface area (Å²) >= 11 is 0. The van der Waals surface area contributed by atoms with Crippen molar-refractivity contribution in [3.8, 4) is 5.69 Å². The first kappa shape index (κ1) is 12.4. The first-order valence-electron chi connectivity index (χ1n) is 7.07. The highest BCUT2D eigenvalue weighted by Gasteiger charge is 2.25. The molecule has 3 rings (SSSR count). The van der Waals surface area contributed by atoms with Gasteiger partial charge in [0.15, 0.2) is 0 Å². The Kier molecular flexibility index (Phi) is 3.38. The third-order valence-corrected chi connectivity index (χ3v) is 4.12. The Morgan fingerprint density at radius 3 is 2.74 bits per heavy atom. The molecular formula is C16H21N3. The van der Waals surface area contributed by atoms with E-state index >= 15 is 0 Å². The molecule has 1 fully saturated rings. The van der Waals surface area contributed by atoms with Crippen LogP contribution in [0.5, 0.6) is 0 Å². The predicted molar refractivity (Wildman–Crippen MR) is 77.7 cm³/mol. The maximum Gasteiger partial charge on any atom is 0.0649 e. The number of rotatable bonds is 2.